The van der Waals surface area contributed by atoms with E-state index in [1.54, 1.807) is 0 Å². The molecule has 0 unspecified atom stereocenters. The second-order valence-electron chi connectivity index (χ2n) is 6.36. The monoisotopic (exact) mass is 369 g/mol. The number of hydrogen-bond donors (Lipinski definition) is 2. The summed E-state index contributed by atoms with van der Waals surface area (Å²) in [4.78, 5) is 12.2. The first kappa shape index (κ1) is 17.3. The van der Waals surface area contributed by atoms with Gasteiger partial charge in [0.2, 0.25) is 0 Å². The molecule has 136 valence electrons. The fourth-order valence-electron chi connectivity index (χ4n) is 3.50. The molecule has 1 amide bonds. The Morgan fingerprint density at radius 1 is 0.852 bits per heavy atom. The van der Waals surface area contributed by atoms with E-state index in [-0.39, 0.29) is 18.3 Å². The Balaban J connectivity index is 1.51. The summed E-state index contributed by atoms with van der Waals surface area (Å²) in [5.41, 5.74) is 4.08. The highest BCUT2D eigenvalue weighted by atomic mass is 19.2. The van der Waals surface area contributed by atoms with Gasteiger partial charge in [0, 0.05) is 11.1 Å². The number of nitrogens with one attached hydrogen (secondary N) is 1. The Bertz CT molecular complexity index is 990. The van der Waals surface area contributed by atoms with Crippen molar-refractivity contribution in [1.29, 1.82) is 0 Å². The molecule has 1 aliphatic carbocycles. The van der Waals surface area contributed by atoms with Crippen molar-refractivity contribution in [1.82, 2.24) is 0 Å². The van der Waals surface area contributed by atoms with Crippen molar-refractivity contribution in [2.75, 3.05) is 11.9 Å². The van der Waals surface area contributed by atoms with Crippen LogP contribution >= 0.6 is 0 Å². The van der Waals surface area contributed by atoms with Crippen LogP contribution in [-0.4, -0.2) is 12.5 Å². The number of nitrogens with two attached hydrogens (primary N) is 1. The van der Waals surface area contributed by atoms with Crippen molar-refractivity contribution < 1.29 is 23.3 Å². The van der Waals surface area contributed by atoms with Crippen LogP contribution in [0.2, 0.25) is 0 Å². The van der Waals surface area contributed by atoms with Gasteiger partial charge in [-0.05, 0) is 23.3 Å². The zero-order chi connectivity index (χ0) is 19.0. The fraction of sp³-hybridized carbons (Fsp3) is 0.0952. The summed E-state index contributed by atoms with van der Waals surface area (Å²) in [7, 11) is 0. The third-order valence-corrected chi connectivity index (χ3v) is 4.73. The number of anilines is 1. The lowest BCUT2D eigenvalue weighted by atomic mass is 10.1. The van der Waals surface area contributed by atoms with Crippen molar-refractivity contribution in [3.8, 4) is 11.1 Å². The molecule has 0 bridgehead atoms. The van der Waals surface area contributed by atoms with Gasteiger partial charge in [0.15, 0.2) is 24.0 Å². The molecule has 4 rings (SSSR count). The molecule has 0 radical (unpaired) electrons. The van der Waals surface area contributed by atoms with Gasteiger partial charge in [0.05, 0.1) is 5.69 Å². The average Bonchev–Trinajstić information content (AvgIpc) is 3.01. The van der Waals surface area contributed by atoms with Crippen LogP contribution in [0.1, 0.15) is 17.2 Å². The molecule has 0 fully saturated rings. The zero-order valence-corrected chi connectivity index (χ0v) is 14.2. The van der Waals surface area contributed by atoms with E-state index in [2.05, 4.69) is 5.32 Å². The lowest BCUT2D eigenvalue weighted by Gasteiger charge is -2.13. The number of benzene rings is 3. The molecule has 1 aliphatic rings. The van der Waals surface area contributed by atoms with Crippen LogP contribution in [0.3, 0.4) is 0 Å². The normalized spacial score (nSPS) is 12.6. The Morgan fingerprint density at radius 3 is 2.07 bits per heavy atom. The summed E-state index contributed by atoms with van der Waals surface area (Å²) < 4.78 is 40.0. The summed E-state index contributed by atoms with van der Waals surface area (Å²) in [5, 5.41) is 4.14. The largest absolute Gasteiger partial charge is 0.328 e. The summed E-state index contributed by atoms with van der Waals surface area (Å²) in [6.45, 7) is 0.00572. The van der Waals surface area contributed by atoms with Crippen LogP contribution in [-0.2, 0) is 4.79 Å². The Labute approximate surface area is 153 Å². The van der Waals surface area contributed by atoms with E-state index >= 15 is 0 Å². The minimum atomic E-state index is -1.60. The standard InChI is InChI=1S/C21H15F3N2O/c22-16-9-10-17(20(24)19(16)23)26-18(27)11-25-21-14-7-3-1-5-12(14)13-6-2-4-8-15(13)21/h1-10,21,25H,11H2,(H,26,27)/p+1. The highest BCUT2D eigenvalue weighted by Gasteiger charge is 2.31. The summed E-state index contributed by atoms with van der Waals surface area (Å²) in [5.74, 6) is -4.80. The highest BCUT2D eigenvalue weighted by molar-refractivity contribution is 5.91. The summed E-state index contributed by atoms with van der Waals surface area (Å²) in [6.07, 6.45) is 0. The van der Waals surface area contributed by atoms with Crippen molar-refractivity contribution in [2.45, 2.75) is 6.04 Å². The lowest BCUT2D eigenvalue weighted by molar-refractivity contribution is -0.675. The number of amides is 1. The topological polar surface area (TPSA) is 45.7 Å². The maximum atomic E-state index is 13.7. The van der Waals surface area contributed by atoms with Crippen LogP contribution in [0.5, 0.6) is 0 Å². The average molecular weight is 369 g/mol. The number of fused-ring (bicyclic) bond motifs is 3. The van der Waals surface area contributed by atoms with Gasteiger partial charge < -0.3 is 10.6 Å². The van der Waals surface area contributed by atoms with E-state index in [0.717, 1.165) is 34.4 Å². The van der Waals surface area contributed by atoms with Gasteiger partial charge in [0.25, 0.3) is 5.91 Å². The third-order valence-electron chi connectivity index (χ3n) is 4.73. The van der Waals surface area contributed by atoms with Crippen LogP contribution in [0.25, 0.3) is 11.1 Å². The first-order chi connectivity index (χ1) is 13.1. The van der Waals surface area contributed by atoms with E-state index in [0.29, 0.717) is 0 Å². The van der Waals surface area contributed by atoms with Gasteiger partial charge in [-0.15, -0.1) is 0 Å². The molecule has 0 saturated heterocycles. The Kier molecular flexibility index (Phi) is 4.41. The predicted molar refractivity (Wildman–Crippen MR) is 95.5 cm³/mol. The minimum absolute atomic E-state index is 0.00572. The van der Waals surface area contributed by atoms with Gasteiger partial charge in [0.1, 0.15) is 6.04 Å². The first-order valence-electron chi connectivity index (χ1n) is 8.51. The third kappa shape index (κ3) is 3.08. The minimum Gasteiger partial charge on any atom is -0.328 e. The maximum absolute atomic E-state index is 13.7. The van der Waals surface area contributed by atoms with Gasteiger partial charge in [-0.2, -0.15) is 0 Å². The number of carbonyl (C=O) groups is 1. The van der Waals surface area contributed by atoms with Crippen molar-refractivity contribution >= 4 is 11.6 Å². The second kappa shape index (κ2) is 6.89. The lowest BCUT2D eigenvalue weighted by Crippen LogP contribution is -2.87. The van der Waals surface area contributed by atoms with Crippen LogP contribution in [0.15, 0.2) is 60.7 Å². The smallest absolute Gasteiger partial charge is 0.279 e. The molecule has 0 aliphatic heterocycles. The number of quaternary nitrogens is 1. The van der Waals surface area contributed by atoms with Crippen molar-refractivity contribution in [2.24, 2.45) is 0 Å². The molecule has 6 heteroatoms. The fourth-order valence-corrected chi connectivity index (χ4v) is 3.50. The van der Waals surface area contributed by atoms with E-state index < -0.39 is 23.4 Å². The predicted octanol–water partition coefficient (Wildman–Crippen LogP) is 3.38. The zero-order valence-electron chi connectivity index (χ0n) is 14.2. The molecular formula is C21H16F3N2O+. The molecule has 0 atom stereocenters. The molecule has 3 nitrogen and oxygen atoms in total. The molecule has 0 aromatic heterocycles. The van der Waals surface area contributed by atoms with E-state index in [1.165, 1.54) is 0 Å². The van der Waals surface area contributed by atoms with Crippen molar-refractivity contribution in [3.63, 3.8) is 0 Å². The molecule has 27 heavy (non-hydrogen) atoms. The van der Waals surface area contributed by atoms with Crippen LogP contribution < -0.4 is 10.6 Å². The van der Waals surface area contributed by atoms with Gasteiger partial charge in [-0.3, -0.25) is 4.79 Å². The SMILES string of the molecule is O=C(C[NH2+]C1c2ccccc2-c2ccccc21)Nc1ccc(F)c(F)c1F. The number of halogens is 3. The molecule has 0 heterocycles. The van der Waals surface area contributed by atoms with E-state index in [4.69, 9.17) is 0 Å². The Hall–Kier alpha value is -3.12. The van der Waals surface area contributed by atoms with E-state index in [1.807, 2.05) is 53.8 Å². The highest BCUT2D eigenvalue weighted by Crippen LogP contribution is 2.40. The number of hydrogen-bond acceptors (Lipinski definition) is 1. The first-order valence-corrected chi connectivity index (χ1v) is 8.51. The molecule has 3 aromatic carbocycles. The quantitative estimate of drug-likeness (QED) is 0.681. The molecule has 0 saturated carbocycles. The number of carbonyl (C=O) groups excluding carboxylic acids is 1. The van der Waals surface area contributed by atoms with E-state index in [9.17, 15) is 18.0 Å². The van der Waals surface area contributed by atoms with Gasteiger partial charge >= 0.3 is 0 Å². The molecule has 0 spiro atoms. The molecular weight excluding hydrogens is 353 g/mol. The summed E-state index contributed by atoms with van der Waals surface area (Å²) >= 11 is 0. The Morgan fingerprint density at radius 2 is 1.44 bits per heavy atom. The van der Waals surface area contributed by atoms with Crippen LogP contribution in [0, 0.1) is 17.5 Å². The van der Waals surface area contributed by atoms with Gasteiger partial charge in [-0.25, -0.2) is 13.2 Å². The summed E-state index contributed by atoms with van der Waals surface area (Å²) in [6, 6.07) is 17.7. The molecule has 3 aromatic rings. The second-order valence-corrected chi connectivity index (χ2v) is 6.36. The number of rotatable bonds is 4. The van der Waals surface area contributed by atoms with Crippen LogP contribution in [0.4, 0.5) is 18.9 Å². The maximum Gasteiger partial charge on any atom is 0.279 e. The van der Waals surface area contributed by atoms with Crippen molar-refractivity contribution in [3.05, 3.63) is 89.2 Å². The van der Waals surface area contributed by atoms with Gasteiger partial charge in [-0.1, -0.05) is 48.5 Å². The molecule has 3 N–H and O–H groups in total.